The van der Waals surface area contributed by atoms with Crippen molar-refractivity contribution in [1.82, 2.24) is 0 Å². The molecule has 0 atom stereocenters. The summed E-state index contributed by atoms with van der Waals surface area (Å²) in [6.07, 6.45) is -9.86. The number of nitrogens with zero attached hydrogens (tertiary/aromatic N) is 1. The Kier molecular flexibility index (Phi) is 4.94. The summed E-state index contributed by atoms with van der Waals surface area (Å²) in [4.78, 5) is 12.4. The fourth-order valence-electron chi connectivity index (χ4n) is 2.70. The van der Waals surface area contributed by atoms with Crippen LogP contribution in [0.15, 0.2) is 12.1 Å². The molecule has 1 N–H and O–H groups in total. The highest BCUT2D eigenvalue weighted by molar-refractivity contribution is 6.35. The van der Waals surface area contributed by atoms with Gasteiger partial charge in [0.25, 0.3) is 0 Å². The van der Waals surface area contributed by atoms with Gasteiger partial charge >= 0.3 is 18.3 Å². The number of rotatable bonds is 2. The van der Waals surface area contributed by atoms with Crippen LogP contribution in [0.1, 0.15) is 28.8 Å². The summed E-state index contributed by atoms with van der Waals surface area (Å²) >= 11 is 5.76. The lowest BCUT2D eigenvalue weighted by Crippen LogP contribution is -2.39. The molecule has 1 aromatic rings. The predicted molar refractivity (Wildman–Crippen MR) is 74.4 cm³/mol. The van der Waals surface area contributed by atoms with E-state index in [0.717, 1.165) is 6.07 Å². The second kappa shape index (κ2) is 6.34. The van der Waals surface area contributed by atoms with Crippen molar-refractivity contribution >= 4 is 23.3 Å². The van der Waals surface area contributed by atoms with Gasteiger partial charge in [-0.1, -0.05) is 11.6 Å². The number of hydrogen-bond acceptors (Lipinski definition) is 2. The molecule has 0 spiro atoms. The first-order chi connectivity index (χ1) is 10.9. The molecule has 0 bridgehead atoms. The van der Waals surface area contributed by atoms with Gasteiger partial charge in [-0.2, -0.15) is 26.3 Å². The van der Waals surface area contributed by atoms with Gasteiger partial charge in [0.15, 0.2) is 0 Å². The van der Waals surface area contributed by atoms with Crippen LogP contribution in [0, 0.1) is 5.92 Å². The third-order valence-corrected chi connectivity index (χ3v) is 4.31. The maximum atomic E-state index is 12.9. The molecule has 1 aromatic carbocycles. The van der Waals surface area contributed by atoms with Crippen molar-refractivity contribution in [3.8, 4) is 0 Å². The van der Waals surface area contributed by atoms with Crippen LogP contribution in [-0.2, 0) is 6.18 Å². The van der Waals surface area contributed by atoms with Gasteiger partial charge in [0.1, 0.15) is 0 Å². The van der Waals surface area contributed by atoms with Gasteiger partial charge < -0.3 is 10.0 Å². The smallest absolute Gasteiger partial charge is 0.417 e. The molecule has 0 amide bonds. The second-order valence-corrected chi connectivity index (χ2v) is 5.81. The largest absolute Gasteiger partial charge is 0.478 e. The maximum Gasteiger partial charge on any atom is 0.417 e. The highest BCUT2D eigenvalue weighted by Gasteiger charge is 2.42. The molecule has 1 aliphatic heterocycles. The maximum absolute atomic E-state index is 12.9. The Morgan fingerprint density at radius 2 is 1.67 bits per heavy atom. The molecule has 1 aliphatic rings. The van der Waals surface area contributed by atoms with E-state index in [9.17, 15) is 31.1 Å². The monoisotopic (exact) mass is 375 g/mol. The van der Waals surface area contributed by atoms with E-state index in [0.29, 0.717) is 6.07 Å². The molecule has 134 valence electrons. The van der Waals surface area contributed by atoms with Crippen LogP contribution in [0.5, 0.6) is 0 Å². The molecule has 3 nitrogen and oxygen atoms in total. The van der Waals surface area contributed by atoms with Crippen LogP contribution in [-0.4, -0.2) is 30.3 Å². The Balaban J connectivity index is 2.40. The Morgan fingerprint density at radius 1 is 1.12 bits per heavy atom. The molecular weight excluding hydrogens is 364 g/mol. The van der Waals surface area contributed by atoms with Gasteiger partial charge in [-0.05, 0) is 25.0 Å². The highest BCUT2D eigenvalue weighted by atomic mass is 35.5. The summed E-state index contributed by atoms with van der Waals surface area (Å²) < 4.78 is 76.9. The zero-order valence-corrected chi connectivity index (χ0v) is 12.8. The number of piperidine rings is 1. The van der Waals surface area contributed by atoms with E-state index in [-0.39, 0.29) is 31.6 Å². The Bertz CT molecular complexity index is 635. The first-order valence-corrected chi connectivity index (χ1v) is 7.25. The average molecular weight is 376 g/mol. The number of aromatic carboxylic acids is 1. The highest BCUT2D eigenvalue weighted by Crippen LogP contribution is 2.43. The van der Waals surface area contributed by atoms with Crippen LogP contribution in [0.3, 0.4) is 0 Å². The third-order valence-electron chi connectivity index (χ3n) is 3.93. The van der Waals surface area contributed by atoms with Crippen molar-refractivity contribution < 1.29 is 36.2 Å². The van der Waals surface area contributed by atoms with Crippen LogP contribution >= 0.6 is 11.6 Å². The zero-order valence-electron chi connectivity index (χ0n) is 12.0. The van der Waals surface area contributed by atoms with E-state index in [4.69, 9.17) is 16.7 Å². The SMILES string of the molecule is O=C(O)c1ccc(C(F)(F)F)c(Cl)c1N1CCC(C(F)(F)F)CC1. The van der Waals surface area contributed by atoms with Gasteiger partial charge in [0.2, 0.25) is 0 Å². The number of alkyl halides is 6. The predicted octanol–water partition coefficient (Wildman–Crippen LogP) is 4.84. The first-order valence-electron chi connectivity index (χ1n) is 6.87. The van der Waals surface area contributed by atoms with E-state index in [1.807, 2.05) is 0 Å². The van der Waals surface area contributed by atoms with E-state index in [2.05, 4.69) is 0 Å². The van der Waals surface area contributed by atoms with Gasteiger partial charge in [0, 0.05) is 13.1 Å². The van der Waals surface area contributed by atoms with Crippen molar-refractivity contribution in [3.63, 3.8) is 0 Å². The fourth-order valence-corrected chi connectivity index (χ4v) is 3.09. The van der Waals surface area contributed by atoms with E-state index < -0.39 is 40.4 Å². The molecule has 1 saturated heterocycles. The van der Waals surface area contributed by atoms with Gasteiger partial charge in [0.05, 0.1) is 27.8 Å². The van der Waals surface area contributed by atoms with E-state index in [1.54, 1.807) is 0 Å². The molecule has 0 radical (unpaired) electrons. The van der Waals surface area contributed by atoms with E-state index in [1.165, 1.54) is 4.90 Å². The molecule has 0 aromatic heterocycles. The molecule has 0 saturated carbocycles. The summed E-state index contributed by atoms with van der Waals surface area (Å²) in [5, 5.41) is 8.34. The summed E-state index contributed by atoms with van der Waals surface area (Å²) in [5.74, 6) is -3.06. The topological polar surface area (TPSA) is 40.5 Å². The number of carboxylic acid groups (broad SMARTS) is 1. The number of halogens is 7. The lowest BCUT2D eigenvalue weighted by molar-refractivity contribution is -0.179. The van der Waals surface area contributed by atoms with Gasteiger partial charge in [-0.25, -0.2) is 4.79 Å². The molecular formula is C14H12ClF6NO2. The van der Waals surface area contributed by atoms with Crippen LogP contribution in [0.25, 0.3) is 0 Å². The number of anilines is 1. The van der Waals surface area contributed by atoms with Crippen LogP contribution < -0.4 is 4.90 Å². The standard InChI is InChI=1S/C14H12ClF6NO2/c15-10-9(14(19,20)21)2-1-8(12(23)24)11(10)22-5-3-7(4-6-22)13(16,17)18/h1-2,7H,3-6H2,(H,23,24). The normalized spacial score (nSPS) is 17.2. The minimum absolute atomic E-state index is 0.231. The number of carboxylic acids is 1. The lowest BCUT2D eigenvalue weighted by atomic mass is 9.95. The summed E-state index contributed by atoms with van der Waals surface area (Å²) in [6, 6.07) is 1.32. The van der Waals surface area contributed by atoms with Crippen LogP contribution in [0.2, 0.25) is 5.02 Å². The fraction of sp³-hybridized carbons (Fsp3) is 0.500. The van der Waals surface area contributed by atoms with Crippen LogP contribution in [0.4, 0.5) is 32.0 Å². The summed E-state index contributed by atoms with van der Waals surface area (Å²) in [6.45, 7) is -0.461. The minimum atomic E-state index is -4.80. The van der Waals surface area contributed by atoms with Crippen molar-refractivity contribution in [1.29, 1.82) is 0 Å². The molecule has 1 heterocycles. The third kappa shape index (κ3) is 3.71. The Labute approximate surface area is 137 Å². The summed E-state index contributed by atoms with van der Waals surface area (Å²) in [7, 11) is 0. The number of carbonyl (C=O) groups is 1. The zero-order chi connectivity index (χ0) is 18.3. The van der Waals surface area contributed by atoms with Crippen molar-refractivity contribution in [2.45, 2.75) is 25.2 Å². The summed E-state index contributed by atoms with van der Waals surface area (Å²) in [5.41, 5.74) is -2.08. The average Bonchev–Trinajstić information content (AvgIpc) is 2.44. The van der Waals surface area contributed by atoms with Crippen molar-refractivity contribution in [3.05, 3.63) is 28.3 Å². The number of hydrogen-bond donors (Lipinski definition) is 1. The Morgan fingerprint density at radius 3 is 2.08 bits per heavy atom. The second-order valence-electron chi connectivity index (χ2n) is 5.43. The Hall–Kier alpha value is -1.64. The van der Waals surface area contributed by atoms with Crippen molar-refractivity contribution in [2.24, 2.45) is 5.92 Å². The quantitative estimate of drug-likeness (QED) is 0.752. The first kappa shape index (κ1) is 18.7. The molecule has 2 rings (SSSR count). The number of benzene rings is 1. The van der Waals surface area contributed by atoms with Gasteiger partial charge in [-0.3, -0.25) is 0 Å². The molecule has 0 aliphatic carbocycles. The lowest BCUT2D eigenvalue weighted by Gasteiger charge is -2.35. The minimum Gasteiger partial charge on any atom is -0.478 e. The molecule has 0 unspecified atom stereocenters. The molecule has 1 fully saturated rings. The van der Waals surface area contributed by atoms with Gasteiger partial charge in [-0.15, -0.1) is 0 Å². The van der Waals surface area contributed by atoms with E-state index >= 15 is 0 Å². The molecule has 10 heteroatoms. The molecule has 24 heavy (non-hydrogen) atoms. The van der Waals surface area contributed by atoms with Crippen molar-refractivity contribution in [2.75, 3.05) is 18.0 Å².